The topological polar surface area (TPSA) is 18.5 Å². The number of hydrogen-bond acceptors (Lipinski definition) is 2. The minimum atomic E-state index is 0.366. The lowest BCUT2D eigenvalue weighted by Gasteiger charge is -2.30. The molecule has 0 aromatic heterocycles. The predicted octanol–water partition coefficient (Wildman–Crippen LogP) is 3.15. The lowest BCUT2D eigenvalue weighted by Crippen LogP contribution is -2.36. The van der Waals surface area contributed by atoms with Crippen LogP contribution in [0.3, 0.4) is 0 Å². The third-order valence-electron chi connectivity index (χ3n) is 2.75. The molecule has 0 spiro atoms. The summed E-state index contributed by atoms with van der Waals surface area (Å²) >= 11 is 0. The molecule has 1 aliphatic heterocycles. The molecule has 0 saturated carbocycles. The lowest BCUT2D eigenvalue weighted by atomic mass is 10.1. The maximum Gasteiger partial charge on any atom is 0.0813 e. The molecule has 1 heterocycles. The van der Waals surface area contributed by atoms with Crippen LogP contribution in [0.25, 0.3) is 0 Å². The van der Waals surface area contributed by atoms with Crippen molar-refractivity contribution in [2.45, 2.75) is 64.6 Å². The second-order valence-electron chi connectivity index (χ2n) is 4.20. The molecule has 1 rings (SSSR count). The van der Waals surface area contributed by atoms with E-state index in [1.807, 2.05) is 0 Å². The summed E-state index contributed by atoms with van der Waals surface area (Å²) in [6.07, 6.45) is 8.08. The number of rotatable bonds is 6. The average Bonchev–Trinajstić information content (AvgIpc) is 2.24. The van der Waals surface area contributed by atoms with E-state index in [1.165, 1.54) is 38.5 Å². The first-order valence-electron chi connectivity index (χ1n) is 6.10. The van der Waals surface area contributed by atoms with Crippen LogP contribution in [0, 0.1) is 0 Å². The van der Waals surface area contributed by atoms with Crippen LogP contribution in [0.1, 0.15) is 52.4 Å². The van der Waals surface area contributed by atoms with Gasteiger partial charge in [0.15, 0.2) is 0 Å². The van der Waals surface area contributed by atoms with Crippen LogP contribution in [-0.2, 0) is 9.47 Å². The largest absolute Gasteiger partial charge is 0.376 e. The van der Waals surface area contributed by atoms with Crippen molar-refractivity contribution in [3.8, 4) is 0 Å². The summed E-state index contributed by atoms with van der Waals surface area (Å²) in [5.74, 6) is 0. The first-order chi connectivity index (χ1) is 6.86. The van der Waals surface area contributed by atoms with E-state index >= 15 is 0 Å². The van der Waals surface area contributed by atoms with Crippen LogP contribution < -0.4 is 0 Å². The lowest BCUT2D eigenvalue weighted by molar-refractivity contribution is -0.142. The smallest absolute Gasteiger partial charge is 0.0813 e. The normalized spacial score (nSPS) is 27.9. The minimum Gasteiger partial charge on any atom is -0.376 e. The zero-order chi connectivity index (χ0) is 10.2. The van der Waals surface area contributed by atoms with Gasteiger partial charge in [0.25, 0.3) is 0 Å². The molecular formula is C12H24O2. The average molecular weight is 200 g/mol. The van der Waals surface area contributed by atoms with Gasteiger partial charge in [0.05, 0.1) is 25.4 Å². The van der Waals surface area contributed by atoms with Gasteiger partial charge >= 0.3 is 0 Å². The van der Waals surface area contributed by atoms with Gasteiger partial charge in [0, 0.05) is 0 Å². The van der Waals surface area contributed by atoms with Crippen LogP contribution in [0.15, 0.2) is 0 Å². The zero-order valence-corrected chi connectivity index (χ0v) is 9.63. The summed E-state index contributed by atoms with van der Waals surface area (Å²) in [4.78, 5) is 0. The van der Waals surface area contributed by atoms with Gasteiger partial charge < -0.3 is 9.47 Å². The van der Waals surface area contributed by atoms with E-state index in [4.69, 9.17) is 9.47 Å². The highest BCUT2D eigenvalue weighted by atomic mass is 16.6. The van der Waals surface area contributed by atoms with E-state index in [2.05, 4.69) is 13.8 Å². The molecule has 0 radical (unpaired) electrons. The van der Waals surface area contributed by atoms with E-state index in [-0.39, 0.29) is 0 Å². The van der Waals surface area contributed by atoms with Crippen LogP contribution in [0.5, 0.6) is 0 Å². The number of ether oxygens (including phenoxy) is 2. The SMILES string of the molecule is CCCCC1COCC(CCCC)O1. The molecule has 0 aliphatic carbocycles. The maximum atomic E-state index is 5.97. The van der Waals surface area contributed by atoms with Crippen molar-refractivity contribution in [2.24, 2.45) is 0 Å². The monoisotopic (exact) mass is 200 g/mol. The first-order valence-corrected chi connectivity index (χ1v) is 6.10. The van der Waals surface area contributed by atoms with Gasteiger partial charge in [-0.1, -0.05) is 39.5 Å². The molecule has 2 heteroatoms. The van der Waals surface area contributed by atoms with Crippen LogP contribution in [0.2, 0.25) is 0 Å². The molecule has 0 aromatic carbocycles. The van der Waals surface area contributed by atoms with E-state index in [0.717, 1.165) is 13.2 Å². The van der Waals surface area contributed by atoms with E-state index in [9.17, 15) is 0 Å². The molecule has 0 aromatic rings. The molecular weight excluding hydrogens is 176 g/mol. The Balaban J connectivity index is 2.14. The molecule has 1 saturated heterocycles. The fraction of sp³-hybridized carbons (Fsp3) is 1.00. The van der Waals surface area contributed by atoms with Gasteiger partial charge in [-0.05, 0) is 12.8 Å². The zero-order valence-electron chi connectivity index (χ0n) is 9.63. The van der Waals surface area contributed by atoms with Crippen LogP contribution in [0.4, 0.5) is 0 Å². The Kier molecular flexibility index (Phi) is 6.20. The van der Waals surface area contributed by atoms with Crippen molar-refractivity contribution in [2.75, 3.05) is 13.2 Å². The predicted molar refractivity (Wildman–Crippen MR) is 58.5 cm³/mol. The Bertz CT molecular complexity index is 122. The second kappa shape index (κ2) is 7.24. The van der Waals surface area contributed by atoms with Gasteiger partial charge in [0.2, 0.25) is 0 Å². The van der Waals surface area contributed by atoms with Crippen LogP contribution >= 0.6 is 0 Å². The van der Waals surface area contributed by atoms with Crippen molar-refractivity contribution in [1.82, 2.24) is 0 Å². The Morgan fingerprint density at radius 1 is 0.929 bits per heavy atom. The second-order valence-corrected chi connectivity index (χ2v) is 4.20. The Labute approximate surface area is 88.0 Å². The van der Waals surface area contributed by atoms with Gasteiger partial charge in [0.1, 0.15) is 0 Å². The quantitative estimate of drug-likeness (QED) is 0.655. The van der Waals surface area contributed by atoms with Gasteiger partial charge in [-0.15, -0.1) is 0 Å². The third-order valence-corrected chi connectivity index (χ3v) is 2.75. The fourth-order valence-electron chi connectivity index (χ4n) is 1.85. The summed E-state index contributed by atoms with van der Waals surface area (Å²) in [6, 6.07) is 0. The molecule has 2 unspecified atom stereocenters. The highest BCUT2D eigenvalue weighted by Crippen LogP contribution is 2.17. The summed E-state index contributed by atoms with van der Waals surface area (Å²) < 4.78 is 11.5. The van der Waals surface area contributed by atoms with Crippen molar-refractivity contribution >= 4 is 0 Å². The third kappa shape index (κ3) is 4.43. The highest BCUT2D eigenvalue weighted by Gasteiger charge is 2.21. The molecule has 0 amide bonds. The fourth-order valence-corrected chi connectivity index (χ4v) is 1.85. The van der Waals surface area contributed by atoms with Crippen molar-refractivity contribution in [3.05, 3.63) is 0 Å². The standard InChI is InChI=1S/C12H24O2/c1-3-5-7-11-9-13-10-12(14-11)8-6-4-2/h11-12H,3-10H2,1-2H3. The van der Waals surface area contributed by atoms with Gasteiger partial charge in [-0.2, -0.15) is 0 Å². The number of hydrogen-bond donors (Lipinski definition) is 0. The van der Waals surface area contributed by atoms with E-state index in [1.54, 1.807) is 0 Å². The summed E-state index contributed by atoms with van der Waals surface area (Å²) in [6.45, 7) is 6.06. The Hall–Kier alpha value is -0.0800. The highest BCUT2D eigenvalue weighted by molar-refractivity contribution is 4.68. The summed E-state index contributed by atoms with van der Waals surface area (Å²) in [7, 11) is 0. The molecule has 2 nitrogen and oxygen atoms in total. The van der Waals surface area contributed by atoms with E-state index in [0.29, 0.717) is 12.2 Å². The summed E-state index contributed by atoms with van der Waals surface area (Å²) in [5.41, 5.74) is 0. The summed E-state index contributed by atoms with van der Waals surface area (Å²) in [5, 5.41) is 0. The molecule has 84 valence electrons. The van der Waals surface area contributed by atoms with E-state index < -0.39 is 0 Å². The van der Waals surface area contributed by atoms with Gasteiger partial charge in [-0.3, -0.25) is 0 Å². The van der Waals surface area contributed by atoms with Gasteiger partial charge in [-0.25, -0.2) is 0 Å². The maximum absolute atomic E-state index is 5.97. The molecule has 0 N–H and O–H groups in total. The van der Waals surface area contributed by atoms with Crippen molar-refractivity contribution in [1.29, 1.82) is 0 Å². The molecule has 14 heavy (non-hydrogen) atoms. The molecule has 2 atom stereocenters. The Morgan fingerprint density at radius 3 is 1.86 bits per heavy atom. The molecule has 1 aliphatic rings. The van der Waals surface area contributed by atoms with Crippen molar-refractivity contribution < 1.29 is 9.47 Å². The molecule has 0 bridgehead atoms. The minimum absolute atomic E-state index is 0.366. The molecule has 1 fully saturated rings. The van der Waals surface area contributed by atoms with Crippen LogP contribution in [-0.4, -0.2) is 25.4 Å². The first kappa shape index (κ1) is 12.0. The van der Waals surface area contributed by atoms with Crippen molar-refractivity contribution in [3.63, 3.8) is 0 Å². The Morgan fingerprint density at radius 2 is 1.43 bits per heavy atom. The number of unbranched alkanes of at least 4 members (excludes halogenated alkanes) is 2.